The summed E-state index contributed by atoms with van der Waals surface area (Å²) in [6.07, 6.45) is 1.26. The van der Waals surface area contributed by atoms with Gasteiger partial charge in [-0.25, -0.2) is 4.79 Å². The minimum Gasteiger partial charge on any atom is -0.768 e. The molecule has 0 aliphatic rings. The van der Waals surface area contributed by atoms with Crippen molar-refractivity contribution in [3.63, 3.8) is 0 Å². The van der Waals surface area contributed by atoms with Crippen LogP contribution in [0.5, 0.6) is 0 Å². The van der Waals surface area contributed by atoms with E-state index in [1.165, 1.54) is 17.8 Å². The summed E-state index contributed by atoms with van der Waals surface area (Å²) in [5.74, 6) is -0.637. The molecule has 1 atom stereocenters. The van der Waals surface area contributed by atoms with Crippen LogP contribution in [-0.4, -0.2) is 25.9 Å². The molecule has 0 amide bonds. The molecule has 0 N–H and O–H groups in total. The van der Waals surface area contributed by atoms with E-state index in [1.807, 2.05) is 0 Å². The normalized spacial score (nSPS) is 12.5. The van der Waals surface area contributed by atoms with Gasteiger partial charge in [-0.1, -0.05) is 11.6 Å². The summed E-state index contributed by atoms with van der Waals surface area (Å²) in [5, 5.41) is -0.107. The highest BCUT2D eigenvalue weighted by atomic mass is 35.5. The van der Waals surface area contributed by atoms with Crippen molar-refractivity contribution in [2.45, 2.75) is 11.8 Å². The predicted octanol–water partition coefficient (Wildman–Crippen LogP) is 1.09. The second-order valence-electron chi connectivity index (χ2n) is 2.72. The molecule has 0 aliphatic carbocycles. The maximum atomic E-state index is 11.4. The minimum absolute atomic E-state index is 0.0396. The van der Waals surface area contributed by atoms with Crippen LogP contribution in [0.3, 0.4) is 0 Å². The first kappa shape index (κ1) is 12.2. The molecule has 0 saturated heterocycles. The van der Waals surface area contributed by atoms with E-state index in [9.17, 15) is 13.6 Å². The number of ether oxygens (including phenoxy) is 1. The van der Waals surface area contributed by atoms with Crippen molar-refractivity contribution >= 4 is 28.7 Å². The lowest BCUT2D eigenvalue weighted by Crippen LogP contribution is -2.09. The molecule has 0 aliphatic heterocycles. The first-order valence-electron chi connectivity index (χ1n) is 4.10. The third-order valence-corrected chi connectivity index (χ3v) is 2.90. The summed E-state index contributed by atoms with van der Waals surface area (Å²) in [4.78, 5) is 11.3. The van der Waals surface area contributed by atoms with Gasteiger partial charge in [-0.05, 0) is 18.0 Å². The maximum Gasteiger partial charge on any atom is 0.356 e. The Bertz CT molecular complexity index is 415. The summed E-state index contributed by atoms with van der Waals surface area (Å²) in [6, 6.07) is 0. The Morgan fingerprint density at radius 3 is 2.73 bits per heavy atom. The SMILES string of the molecule is CCOC(=O)c1c(Cl)c(S(=O)[O-])cn1C. The van der Waals surface area contributed by atoms with Crippen molar-refractivity contribution in [1.29, 1.82) is 0 Å². The van der Waals surface area contributed by atoms with Gasteiger partial charge in [-0.3, -0.25) is 4.21 Å². The molecule has 0 bridgehead atoms. The highest BCUT2D eigenvalue weighted by Crippen LogP contribution is 2.25. The molecular weight excluding hydrogens is 242 g/mol. The zero-order valence-electron chi connectivity index (χ0n) is 8.15. The standard InChI is InChI=1S/C8H10ClNO4S/c1-3-14-8(11)7-6(9)5(15(12)13)4-10(7)2/h4H,3H2,1-2H3,(H,12,13)/p-1. The van der Waals surface area contributed by atoms with Crippen molar-refractivity contribution in [3.8, 4) is 0 Å². The average Bonchev–Trinajstić information content (AvgIpc) is 2.42. The molecule has 1 unspecified atom stereocenters. The number of nitrogens with zero attached hydrogens (tertiary/aromatic N) is 1. The van der Waals surface area contributed by atoms with Gasteiger partial charge in [0.05, 0.1) is 16.5 Å². The lowest BCUT2D eigenvalue weighted by molar-refractivity contribution is 0.0515. The van der Waals surface area contributed by atoms with E-state index in [0.29, 0.717) is 0 Å². The van der Waals surface area contributed by atoms with Crippen molar-refractivity contribution < 1.29 is 18.3 Å². The van der Waals surface area contributed by atoms with E-state index in [1.54, 1.807) is 6.92 Å². The third kappa shape index (κ3) is 2.39. The third-order valence-electron chi connectivity index (χ3n) is 1.74. The Balaban J connectivity index is 3.19. The summed E-state index contributed by atoms with van der Waals surface area (Å²) in [7, 11) is 1.52. The number of carbonyl (C=O) groups is 1. The molecule has 1 rings (SSSR count). The molecule has 84 valence electrons. The van der Waals surface area contributed by atoms with E-state index in [-0.39, 0.29) is 22.2 Å². The summed E-state index contributed by atoms with van der Waals surface area (Å²) < 4.78 is 27.5. The van der Waals surface area contributed by atoms with Gasteiger partial charge >= 0.3 is 5.97 Å². The molecule has 5 nitrogen and oxygen atoms in total. The zero-order valence-corrected chi connectivity index (χ0v) is 9.72. The molecule has 0 saturated carbocycles. The zero-order chi connectivity index (χ0) is 11.6. The number of halogens is 1. The maximum absolute atomic E-state index is 11.4. The van der Waals surface area contributed by atoms with Gasteiger partial charge in [0, 0.05) is 13.2 Å². The van der Waals surface area contributed by atoms with E-state index in [4.69, 9.17) is 16.3 Å². The van der Waals surface area contributed by atoms with Gasteiger partial charge in [-0.2, -0.15) is 0 Å². The van der Waals surface area contributed by atoms with Gasteiger partial charge in [0.15, 0.2) is 0 Å². The fraction of sp³-hybridized carbons (Fsp3) is 0.375. The molecule has 15 heavy (non-hydrogen) atoms. The smallest absolute Gasteiger partial charge is 0.356 e. The number of carbonyl (C=O) groups excluding carboxylic acids is 1. The Morgan fingerprint density at radius 1 is 1.73 bits per heavy atom. The molecular formula is C8H9ClNO4S-. The van der Waals surface area contributed by atoms with Crippen molar-refractivity contribution in [2.24, 2.45) is 7.05 Å². The molecule has 0 aromatic carbocycles. The lowest BCUT2D eigenvalue weighted by Gasteiger charge is -2.03. The van der Waals surface area contributed by atoms with Crippen LogP contribution in [0.15, 0.2) is 11.1 Å². The highest BCUT2D eigenvalue weighted by Gasteiger charge is 2.20. The number of hydrogen-bond donors (Lipinski definition) is 0. The fourth-order valence-corrected chi connectivity index (χ4v) is 2.05. The van der Waals surface area contributed by atoms with Gasteiger partial charge in [-0.15, -0.1) is 0 Å². The van der Waals surface area contributed by atoms with Crippen LogP contribution >= 0.6 is 11.6 Å². The Hall–Kier alpha value is -0.850. The van der Waals surface area contributed by atoms with Crippen LogP contribution in [0, 0.1) is 0 Å². The van der Waals surface area contributed by atoms with Crippen LogP contribution in [0.4, 0.5) is 0 Å². The van der Waals surface area contributed by atoms with Crippen molar-refractivity contribution in [1.82, 2.24) is 4.57 Å². The Morgan fingerprint density at radius 2 is 2.33 bits per heavy atom. The quantitative estimate of drug-likeness (QED) is 0.595. The molecule has 0 radical (unpaired) electrons. The number of rotatable bonds is 3. The summed E-state index contributed by atoms with van der Waals surface area (Å²) in [6.45, 7) is 1.86. The summed E-state index contributed by atoms with van der Waals surface area (Å²) >= 11 is 3.28. The number of hydrogen-bond acceptors (Lipinski definition) is 4. The molecule has 7 heteroatoms. The first-order valence-corrected chi connectivity index (χ1v) is 5.55. The minimum atomic E-state index is -2.46. The van der Waals surface area contributed by atoms with Crippen molar-refractivity contribution in [2.75, 3.05) is 6.61 Å². The van der Waals surface area contributed by atoms with Gasteiger partial charge < -0.3 is 13.9 Å². The second-order valence-corrected chi connectivity index (χ2v) is 4.01. The lowest BCUT2D eigenvalue weighted by atomic mass is 10.4. The molecule has 0 fully saturated rings. The Labute approximate surface area is 94.3 Å². The van der Waals surface area contributed by atoms with Crippen LogP contribution in [0.25, 0.3) is 0 Å². The molecule has 0 spiro atoms. The highest BCUT2D eigenvalue weighted by molar-refractivity contribution is 7.79. The second kappa shape index (κ2) is 4.78. The first-order chi connectivity index (χ1) is 6.99. The molecule has 1 aromatic heterocycles. The summed E-state index contributed by atoms with van der Waals surface area (Å²) in [5.41, 5.74) is 0.0396. The fourth-order valence-electron chi connectivity index (χ4n) is 1.12. The van der Waals surface area contributed by atoms with Crippen LogP contribution in [0.1, 0.15) is 17.4 Å². The van der Waals surface area contributed by atoms with E-state index in [0.717, 1.165) is 0 Å². The van der Waals surface area contributed by atoms with Crippen LogP contribution in [0.2, 0.25) is 5.02 Å². The number of aryl methyl sites for hydroxylation is 1. The Kier molecular flexibility index (Phi) is 3.90. The predicted molar refractivity (Wildman–Crippen MR) is 53.6 cm³/mol. The largest absolute Gasteiger partial charge is 0.768 e. The van der Waals surface area contributed by atoms with E-state index < -0.39 is 17.0 Å². The van der Waals surface area contributed by atoms with Crippen molar-refractivity contribution in [3.05, 3.63) is 16.9 Å². The van der Waals surface area contributed by atoms with E-state index in [2.05, 4.69) is 0 Å². The number of aromatic nitrogens is 1. The molecule has 1 heterocycles. The average molecular weight is 251 g/mol. The number of esters is 1. The topological polar surface area (TPSA) is 71.4 Å². The van der Waals surface area contributed by atoms with E-state index >= 15 is 0 Å². The monoisotopic (exact) mass is 250 g/mol. The van der Waals surface area contributed by atoms with Crippen LogP contribution < -0.4 is 0 Å². The van der Waals surface area contributed by atoms with Gasteiger partial charge in [0.2, 0.25) is 0 Å². The van der Waals surface area contributed by atoms with Gasteiger partial charge in [0.1, 0.15) is 5.69 Å². The van der Waals surface area contributed by atoms with Gasteiger partial charge in [0.25, 0.3) is 0 Å². The van der Waals surface area contributed by atoms with Crippen LogP contribution in [-0.2, 0) is 22.9 Å². The molecule has 1 aromatic rings.